The highest BCUT2D eigenvalue weighted by Crippen LogP contribution is 2.28. The molecule has 5 heteroatoms. The van der Waals surface area contributed by atoms with Crippen molar-refractivity contribution in [1.29, 1.82) is 0 Å². The first-order valence-corrected chi connectivity index (χ1v) is 5.27. The number of esters is 2. The molecular formula is C11H16O5. The third kappa shape index (κ3) is 2.53. The maximum atomic E-state index is 11.4. The van der Waals surface area contributed by atoms with E-state index in [2.05, 4.69) is 0 Å². The lowest BCUT2D eigenvalue weighted by Crippen LogP contribution is -2.18. The van der Waals surface area contributed by atoms with Gasteiger partial charge in [-0.1, -0.05) is 6.92 Å². The molecular weight excluding hydrogens is 212 g/mol. The third-order valence-electron chi connectivity index (χ3n) is 2.36. The van der Waals surface area contributed by atoms with Crippen molar-refractivity contribution in [3.8, 4) is 0 Å². The quantitative estimate of drug-likeness (QED) is 0.661. The van der Waals surface area contributed by atoms with Crippen LogP contribution in [0.25, 0.3) is 0 Å². The monoisotopic (exact) mass is 228 g/mol. The van der Waals surface area contributed by atoms with Crippen LogP contribution in [0.5, 0.6) is 0 Å². The van der Waals surface area contributed by atoms with E-state index in [0.717, 1.165) is 5.57 Å². The van der Waals surface area contributed by atoms with Gasteiger partial charge in [-0.15, -0.1) is 0 Å². The van der Waals surface area contributed by atoms with Crippen molar-refractivity contribution < 1.29 is 23.8 Å². The topological polar surface area (TPSA) is 61.8 Å². The van der Waals surface area contributed by atoms with E-state index in [-0.39, 0.29) is 18.1 Å². The number of hydrogen-bond acceptors (Lipinski definition) is 5. The first-order valence-electron chi connectivity index (χ1n) is 5.27. The molecule has 0 N–H and O–H groups in total. The summed E-state index contributed by atoms with van der Waals surface area (Å²) in [6.07, 6.45) is 0.126. The van der Waals surface area contributed by atoms with Crippen molar-refractivity contribution in [2.45, 2.75) is 32.8 Å². The number of cyclic esters (lactones) is 1. The fraction of sp³-hybridized carbons (Fsp3) is 0.636. The molecule has 0 amide bonds. The zero-order valence-electron chi connectivity index (χ0n) is 9.74. The Labute approximate surface area is 94.4 Å². The summed E-state index contributed by atoms with van der Waals surface area (Å²) < 4.78 is 14.8. The lowest BCUT2D eigenvalue weighted by atomic mass is 10.1. The van der Waals surface area contributed by atoms with Crippen molar-refractivity contribution in [3.63, 3.8) is 0 Å². The van der Waals surface area contributed by atoms with Gasteiger partial charge < -0.3 is 14.2 Å². The van der Waals surface area contributed by atoms with Crippen LogP contribution in [0.2, 0.25) is 0 Å². The molecule has 1 unspecified atom stereocenters. The van der Waals surface area contributed by atoms with Crippen LogP contribution in [-0.2, 0) is 23.8 Å². The van der Waals surface area contributed by atoms with E-state index in [4.69, 9.17) is 14.2 Å². The largest absolute Gasteiger partial charge is 0.490 e. The van der Waals surface area contributed by atoms with Crippen molar-refractivity contribution in [1.82, 2.24) is 0 Å². The molecule has 0 radical (unpaired) electrons. The number of carbonyl (C=O) groups is 2. The Morgan fingerprint density at radius 3 is 2.62 bits per heavy atom. The summed E-state index contributed by atoms with van der Waals surface area (Å²) in [5.74, 6) is -0.658. The highest BCUT2D eigenvalue weighted by molar-refractivity contribution is 5.90. The van der Waals surface area contributed by atoms with Crippen molar-refractivity contribution in [3.05, 3.63) is 11.3 Å². The normalized spacial score (nSPS) is 19.7. The average Bonchev–Trinajstić information content (AvgIpc) is 2.53. The second-order valence-corrected chi connectivity index (χ2v) is 3.32. The van der Waals surface area contributed by atoms with Crippen LogP contribution in [0.3, 0.4) is 0 Å². The first-order chi connectivity index (χ1) is 7.63. The molecule has 1 rings (SSSR count). The maximum Gasteiger partial charge on any atom is 0.374 e. The predicted octanol–water partition coefficient (Wildman–Crippen LogP) is 1.18. The summed E-state index contributed by atoms with van der Waals surface area (Å²) in [4.78, 5) is 22.7. The SMILES string of the molecule is CCOC(=O)CC1OC(=O)C(OC)=C1CC. The summed E-state index contributed by atoms with van der Waals surface area (Å²) in [6, 6.07) is 0. The molecule has 16 heavy (non-hydrogen) atoms. The summed E-state index contributed by atoms with van der Waals surface area (Å²) in [7, 11) is 1.42. The predicted molar refractivity (Wildman–Crippen MR) is 55.5 cm³/mol. The molecule has 0 aliphatic carbocycles. The van der Waals surface area contributed by atoms with Gasteiger partial charge >= 0.3 is 11.9 Å². The van der Waals surface area contributed by atoms with Crippen LogP contribution < -0.4 is 0 Å². The minimum Gasteiger partial charge on any atom is -0.490 e. The van der Waals surface area contributed by atoms with Crippen LogP contribution in [0, 0.1) is 0 Å². The summed E-state index contributed by atoms with van der Waals surface area (Å²) >= 11 is 0. The summed E-state index contributed by atoms with van der Waals surface area (Å²) in [5, 5.41) is 0. The first kappa shape index (κ1) is 12.5. The molecule has 1 aliphatic heterocycles. The molecule has 0 spiro atoms. The number of rotatable bonds is 5. The number of hydrogen-bond donors (Lipinski definition) is 0. The molecule has 0 saturated heterocycles. The molecule has 0 bridgehead atoms. The zero-order valence-corrected chi connectivity index (χ0v) is 9.74. The van der Waals surface area contributed by atoms with Crippen molar-refractivity contribution >= 4 is 11.9 Å². The van der Waals surface area contributed by atoms with Crippen molar-refractivity contribution in [2.75, 3.05) is 13.7 Å². The molecule has 1 heterocycles. The van der Waals surface area contributed by atoms with E-state index in [0.29, 0.717) is 13.0 Å². The molecule has 1 atom stereocenters. The molecule has 0 saturated carbocycles. The van der Waals surface area contributed by atoms with Crippen LogP contribution in [-0.4, -0.2) is 31.8 Å². The third-order valence-corrected chi connectivity index (χ3v) is 2.36. The van der Waals surface area contributed by atoms with Gasteiger partial charge in [0.1, 0.15) is 6.10 Å². The van der Waals surface area contributed by atoms with Gasteiger partial charge in [-0.05, 0) is 13.3 Å². The van der Waals surface area contributed by atoms with E-state index in [9.17, 15) is 9.59 Å². The number of methoxy groups -OCH3 is 1. The minimum absolute atomic E-state index is 0.0512. The Morgan fingerprint density at radius 2 is 2.12 bits per heavy atom. The van der Waals surface area contributed by atoms with Gasteiger partial charge in [0, 0.05) is 5.57 Å². The van der Waals surface area contributed by atoms with Crippen LogP contribution in [0.15, 0.2) is 11.3 Å². The van der Waals surface area contributed by atoms with E-state index >= 15 is 0 Å². The lowest BCUT2D eigenvalue weighted by Gasteiger charge is -2.11. The number of carbonyl (C=O) groups excluding carboxylic acids is 2. The molecule has 0 aromatic rings. The molecule has 0 fully saturated rings. The Bertz CT molecular complexity index is 318. The molecule has 0 aromatic carbocycles. The standard InChI is InChI=1S/C11H16O5/c1-4-7-8(6-9(12)15-5-2)16-11(13)10(7)14-3/h8H,4-6H2,1-3H3. The van der Waals surface area contributed by atoms with Crippen molar-refractivity contribution in [2.24, 2.45) is 0 Å². The van der Waals surface area contributed by atoms with E-state index in [1.807, 2.05) is 6.92 Å². The van der Waals surface area contributed by atoms with E-state index in [1.54, 1.807) is 6.92 Å². The molecule has 1 aliphatic rings. The van der Waals surface area contributed by atoms with E-state index < -0.39 is 12.1 Å². The average molecular weight is 228 g/mol. The highest BCUT2D eigenvalue weighted by Gasteiger charge is 2.35. The smallest absolute Gasteiger partial charge is 0.374 e. The summed E-state index contributed by atoms with van der Waals surface area (Å²) in [6.45, 7) is 3.94. The lowest BCUT2D eigenvalue weighted by molar-refractivity contribution is -0.149. The minimum atomic E-state index is -0.536. The summed E-state index contributed by atoms with van der Waals surface area (Å²) in [5.41, 5.74) is 0.723. The van der Waals surface area contributed by atoms with Gasteiger partial charge in [-0.3, -0.25) is 4.79 Å². The van der Waals surface area contributed by atoms with E-state index in [1.165, 1.54) is 7.11 Å². The zero-order chi connectivity index (χ0) is 12.1. The van der Waals surface area contributed by atoms with Gasteiger partial charge in [0.25, 0.3) is 0 Å². The van der Waals surface area contributed by atoms with Gasteiger partial charge in [-0.2, -0.15) is 0 Å². The second-order valence-electron chi connectivity index (χ2n) is 3.32. The van der Waals surface area contributed by atoms with Gasteiger partial charge in [0.2, 0.25) is 5.76 Å². The fourth-order valence-corrected chi connectivity index (χ4v) is 1.67. The van der Waals surface area contributed by atoms with Gasteiger partial charge in [0.05, 0.1) is 20.1 Å². The maximum absolute atomic E-state index is 11.4. The van der Waals surface area contributed by atoms with Crippen LogP contribution >= 0.6 is 0 Å². The molecule has 5 nitrogen and oxygen atoms in total. The number of ether oxygens (including phenoxy) is 3. The molecule has 0 aromatic heterocycles. The fourth-order valence-electron chi connectivity index (χ4n) is 1.67. The van der Waals surface area contributed by atoms with Gasteiger partial charge in [-0.25, -0.2) is 4.79 Å². The Hall–Kier alpha value is -1.52. The second kappa shape index (κ2) is 5.53. The van der Waals surface area contributed by atoms with Crippen LogP contribution in [0.4, 0.5) is 0 Å². The Balaban J connectivity index is 2.73. The Morgan fingerprint density at radius 1 is 1.44 bits per heavy atom. The molecule has 90 valence electrons. The van der Waals surface area contributed by atoms with Crippen LogP contribution in [0.1, 0.15) is 26.7 Å². The van der Waals surface area contributed by atoms with Gasteiger partial charge in [0.15, 0.2) is 0 Å². The Kier molecular flexibility index (Phi) is 4.34. The highest BCUT2D eigenvalue weighted by atomic mass is 16.6.